The third-order valence-corrected chi connectivity index (χ3v) is 3.34. The summed E-state index contributed by atoms with van der Waals surface area (Å²) in [5.74, 6) is -1.63. The average Bonchev–Trinajstić information content (AvgIpc) is 2.39. The molecule has 6 heteroatoms. The molecule has 20 heavy (non-hydrogen) atoms. The number of hydrogen-bond acceptors (Lipinski definition) is 2. The van der Waals surface area contributed by atoms with Gasteiger partial charge in [0.2, 0.25) is 5.91 Å². The summed E-state index contributed by atoms with van der Waals surface area (Å²) in [6.45, 7) is 0. The first kappa shape index (κ1) is 14.5. The van der Waals surface area contributed by atoms with Crippen molar-refractivity contribution in [3.05, 3.63) is 64.1 Å². The Morgan fingerprint density at radius 2 is 1.95 bits per heavy atom. The molecule has 2 aromatic carbocycles. The second-order valence-electron chi connectivity index (χ2n) is 4.16. The summed E-state index contributed by atoms with van der Waals surface area (Å²) in [5, 5.41) is 2.79. The molecule has 0 aromatic heterocycles. The molecule has 2 rings (SSSR count). The number of amides is 1. The van der Waals surface area contributed by atoms with Crippen LogP contribution >= 0.6 is 15.9 Å². The van der Waals surface area contributed by atoms with Crippen LogP contribution in [0.1, 0.15) is 11.6 Å². The van der Waals surface area contributed by atoms with Crippen molar-refractivity contribution in [3.8, 4) is 0 Å². The van der Waals surface area contributed by atoms with E-state index in [9.17, 15) is 13.6 Å². The molecule has 0 fully saturated rings. The highest BCUT2D eigenvalue weighted by Crippen LogP contribution is 2.24. The molecule has 0 heterocycles. The van der Waals surface area contributed by atoms with Gasteiger partial charge >= 0.3 is 0 Å². The predicted molar refractivity (Wildman–Crippen MR) is 76.1 cm³/mol. The number of anilines is 1. The number of carbonyl (C=O) groups excluding carboxylic acids is 1. The minimum atomic E-state index is -0.945. The molecule has 0 spiro atoms. The zero-order chi connectivity index (χ0) is 14.7. The van der Waals surface area contributed by atoms with Gasteiger partial charge in [-0.2, -0.15) is 0 Å². The van der Waals surface area contributed by atoms with Crippen LogP contribution in [0.2, 0.25) is 0 Å². The molecular formula is C14H11BrF2N2O. The molecule has 3 N–H and O–H groups in total. The summed E-state index contributed by atoms with van der Waals surface area (Å²) >= 11 is 3.03. The van der Waals surface area contributed by atoms with Crippen LogP contribution < -0.4 is 11.1 Å². The van der Waals surface area contributed by atoms with Crippen LogP contribution in [0, 0.1) is 11.6 Å². The van der Waals surface area contributed by atoms with Gasteiger partial charge in [0, 0.05) is 5.69 Å². The smallest absolute Gasteiger partial charge is 0.244 e. The van der Waals surface area contributed by atoms with Gasteiger partial charge in [0.05, 0.1) is 4.47 Å². The molecule has 0 aliphatic carbocycles. The minimum absolute atomic E-state index is 0.287. The Morgan fingerprint density at radius 3 is 2.55 bits per heavy atom. The molecule has 1 unspecified atom stereocenters. The van der Waals surface area contributed by atoms with Gasteiger partial charge < -0.3 is 11.1 Å². The van der Waals surface area contributed by atoms with Crippen LogP contribution in [-0.2, 0) is 4.79 Å². The standard InChI is InChI=1S/C14H11BrF2N2O/c15-11-5-4-8(6-12(11)17)13(14(18)20)19-10-3-1-2-9(16)7-10/h1-7,13,19H,(H2,18,20). The fraction of sp³-hybridized carbons (Fsp3) is 0.0714. The summed E-state index contributed by atoms with van der Waals surface area (Å²) < 4.78 is 26.9. The van der Waals surface area contributed by atoms with Gasteiger partial charge in [-0.15, -0.1) is 0 Å². The summed E-state index contributed by atoms with van der Waals surface area (Å²) in [5.41, 5.74) is 6.06. The van der Waals surface area contributed by atoms with Gasteiger partial charge in [0.25, 0.3) is 0 Å². The first-order valence-electron chi connectivity index (χ1n) is 5.74. The molecule has 0 saturated heterocycles. The van der Waals surface area contributed by atoms with Crippen molar-refractivity contribution in [2.24, 2.45) is 5.73 Å². The Kier molecular flexibility index (Phi) is 4.34. The van der Waals surface area contributed by atoms with Gasteiger partial charge in [-0.25, -0.2) is 8.78 Å². The van der Waals surface area contributed by atoms with E-state index in [0.717, 1.165) is 0 Å². The normalized spacial score (nSPS) is 11.9. The lowest BCUT2D eigenvalue weighted by Gasteiger charge is -2.17. The molecule has 1 atom stereocenters. The van der Waals surface area contributed by atoms with E-state index in [2.05, 4.69) is 21.2 Å². The number of hydrogen-bond donors (Lipinski definition) is 2. The lowest BCUT2D eigenvalue weighted by molar-refractivity contribution is -0.118. The van der Waals surface area contributed by atoms with E-state index >= 15 is 0 Å². The Hall–Kier alpha value is -1.95. The molecule has 0 saturated carbocycles. The van der Waals surface area contributed by atoms with Gasteiger partial charge in [0.15, 0.2) is 0 Å². The molecule has 0 radical (unpaired) electrons. The van der Waals surface area contributed by atoms with Crippen LogP contribution in [0.25, 0.3) is 0 Å². The monoisotopic (exact) mass is 340 g/mol. The van der Waals surface area contributed by atoms with Crippen molar-refractivity contribution in [1.29, 1.82) is 0 Å². The van der Waals surface area contributed by atoms with E-state index in [1.54, 1.807) is 12.1 Å². The summed E-state index contributed by atoms with van der Waals surface area (Å²) in [7, 11) is 0. The minimum Gasteiger partial charge on any atom is -0.370 e. The summed E-state index contributed by atoms with van der Waals surface area (Å²) in [4.78, 5) is 11.5. The average molecular weight is 341 g/mol. The summed E-state index contributed by atoms with van der Waals surface area (Å²) in [6, 6.07) is 8.90. The first-order chi connectivity index (χ1) is 9.47. The van der Waals surface area contributed by atoms with Crippen LogP contribution in [0.3, 0.4) is 0 Å². The van der Waals surface area contributed by atoms with E-state index in [1.165, 1.54) is 30.3 Å². The Labute approximate surface area is 122 Å². The number of benzene rings is 2. The van der Waals surface area contributed by atoms with Crippen molar-refractivity contribution >= 4 is 27.5 Å². The Morgan fingerprint density at radius 1 is 1.20 bits per heavy atom. The predicted octanol–water partition coefficient (Wildman–Crippen LogP) is 3.37. The number of nitrogens with one attached hydrogen (secondary N) is 1. The molecule has 3 nitrogen and oxygen atoms in total. The molecule has 2 aromatic rings. The largest absolute Gasteiger partial charge is 0.370 e. The lowest BCUT2D eigenvalue weighted by Crippen LogP contribution is -2.27. The van der Waals surface area contributed by atoms with E-state index in [0.29, 0.717) is 11.3 Å². The van der Waals surface area contributed by atoms with Crippen molar-refractivity contribution in [3.63, 3.8) is 0 Å². The number of nitrogens with two attached hydrogens (primary N) is 1. The zero-order valence-electron chi connectivity index (χ0n) is 10.2. The third-order valence-electron chi connectivity index (χ3n) is 2.70. The molecule has 0 aliphatic rings. The molecule has 1 amide bonds. The van der Waals surface area contributed by atoms with Crippen molar-refractivity contribution < 1.29 is 13.6 Å². The number of rotatable bonds is 4. The van der Waals surface area contributed by atoms with Crippen LogP contribution in [0.5, 0.6) is 0 Å². The number of primary amides is 1. The van der Waals surface area contributed by atoms with Gasteiger partial charge in [-0.3, -0.25) is 4.79 Å². The lowest BCUT2D eigenvalue weighted by atomic mass is 10.1. The quantitative estimate of drug-likeness (QED) is 0.896. The second-order valence-corrected chi connectivity index (χ2v) is 5.02. The molecule has 104 valence electrons. The highest BCUT2D eigenvalue weighted by Gasteiger charge is 2.19. The Balaban J connectivity index is 2.32. The van der Waals surface area contributed by atoms with E-state index in [4.69, 9.17) is 5.73 Å². The van der Waals surface area contributed by atoms with Crippen molar-refractivity contribution in [2.45, 2.75) is 6.04 Å². The Bertz CT molecular complexity index is 649. The maximum Gasteiger partial charge on any atom is 0.244 e. The highest BCUT2D eigenvalue weighted by atomic mass is 79.9. The van der Waals surface area contributed by atoms with Gasteiger partial charge in [-0.1, -0.05) is 12.1 Å². The topological polar surface area (TPSA) is 55.1 Å². The highest BCUT2D eigenvalue weighted by molar-refractivity contribution is 9.10. The van der Waals surface area contributed by atoms with Crippen molar-refractivity contribution in [1.82, 2.24) is 0 Å². The van der Waals surface area contributed by atoms with Gasteiger partial charge in [-0.05, 0) is 51.8 Å². The van der Waals surface area contributed by atoms with Crippen LogP contribution in [0.4, 0.5) is 14.5 Å². The number of halogens is 3. The zero-order valence-corrected chi connectivity index (χ0v) is 11.8. The second kappa shape index (κ2) is 6.00. The molecule has 0 bridgehead atoms. The third kappa shape index (κ3) is 3.33. The van der Waals surface area contributed by atoms with Crippen LogP contribution in [-0.4, -0.2) is 5.91 Å². The molecular weight excluding hydrogens is 330 g/mol. The van der Waals surface area contributed by atoms with E-state index in [1.807, 2.05) is 0 Å². The maximum atomic E-state index is 13.5. The first-order valence-corrected chi connectivity index (χ1v) is 6.53. The summed E-state index contributed by atoms with van der Waals surface area (Å²) in [6.07, 6.45) is 0. The molecule has 0 aliphatic heterocycles. The SMILES string of the molecule is NC(=O)C(Nc1cccc(F)c1)c1ccc(Br)c(F)c1. The fourth-order valence-corrected chi connectivity index (χ4v) is 2.00. The fourth-order valence-electron chi connectivity index (χ4n) is 1.76. The van der Waals surface area contributed by atoms with Crippen molar-refractivity contribution in [2.75, 3.05) is 5.32 Å². The number of carbonyl (C=O) groups is 1. The van der Waals surface area contributed by atoms with E-state index in [-0.39, 0.29) is 4.47 Å². The van der Waals surface area contributed by atoms with E-state index < -0.39 is 23.6 Å². The van der Waals surface area contributed by atoms with Crippen LogP contribution in [0.15, 0.2) is 46.9 Å². The maximum absolute atomic E-state index is 13.5. The van der Waals surface area contributed by atoms with Gasteiger partial charge in [0.1, 0.15) is 17.7 Å².